The standard InChI is InChI=1S/C6H9N5O3/c1-10(2)6-8-4(7)3(11(13)14)5(12)9-6/h1-2H3,(H3,7,8,9,12). The zero-order valence-corrected chi connectivity index (χ0v) is 7.64. The number of rotatable bonds is 2. The number of nitrogens with one attached hydrogen (secondary N) is 1. The normalized spacial score (nSPS) is 9.86. The summed E-state index contributed by atoms with van der Waals surface area (Å²) in [5.41, 5.74) is 3.68. The molecule has 0 aromatic carbocycles. The van der Waals surface area contributed by atoms with Gasteiger partial charge in [-0.1, -0.05) is 0 Å². The van der Waals surface area contributed by atoms with Crippen LogP contribution in [0.1, 0.15) is 0 Å². The van der Waals surface area contributed by atoms with E-state index in [0.29, 0.717) is 0 Å². The van der Waals surface area contributed by atoms with Gasteiger partial charge in [0.15, 0.2) is 0 Å². The number of aromatic amines is 1. The summed E-state index contributed by atoms with van der Waals surface area (Å²) in [6.07, 6.45) is 0. The molecule has 0 amide bonds. The molecule has 0 bridgehead atoms. The molecular formula is C6H9N5O3. The lowest BCUT2D eigenvalue weighted by Gasteiger charge is -2.09. The second-order valence-corrected chi connectivity index (χ2v) is 2.77. The lowest BCUT2D eigenvalue weighted by molar-refractivity contribution is -0.385. The Labute approximate surface area is 78.5 Å². The third-order valence-electron chi connectivity index (χ3n) is 1.52. The van der Waals surface area contributed by atoms with Gasteiger partial charge in [-0.05, 0) is 0 Å². The van der Waals surface area contributed by atoms with E-state index in [4.69, 9.17) is 5.73 Å². The third kappa shape index (κ3) is 1.63. The first-order valence-electron chi connectivity index (χ1n) is 3.65. The fourth-order valence-corrected chi connectivity index (χ4v) is 0.860. The van der Waals surface area contributed by atoms with E-state index in [9.17, 15) is 14.9 Å². The molecule has 0 aliphatic carbocycles. The second-order valence-electron chi connectivity index (χ2n) is 2.77. The number of aromatic nitrogens is 2. The van der Waals surface area contributed by atoms with Gasteiger partial charge in [-0.2, -0.15) is 4.98 Å². The van der Waals surface area contributed by atoms with Gasteiger partial charge in [0.1, 0.15) is 0 Å². The van der Waals surface area contributed by atoms with Crippen LogP contribution in [0, 0.1) is 10.1 Å². The van der Waals surface area contributed by atoms with E-state index in [2.05, 4.69) is 9.97 Å². The molecule has 14 heavy (non-hydrogen) atoms. The second kappa shape index (κ2) is 3.32. The minimum Gasteiger partial charge on any atom is -0.378 e. The Bertz CT molecular complexity index is 424. The van der Waals surface area contributed by atoms with Crippen LogP contribution >= 0.6 is 0 Å². The number of nitrogens with two attached hydrogens (primary N) is 1. The van der Waals surface area contributed by atoms with E-state index >= 15 is 0 Å². The zero-order valence-electron chi connectivity index (χ0n) is 7.64. The molecule has 76 valence electrons. The Morgan fingerprint density at radius 1 is 1.57 bits per heavy atom. The Kier molecular flexibility index (Phi) is 2.36. The molecule has 0 unspecified atom stereocenters. The summed E-state index contributed by atoms with van der Waals surface area (Å²) < 4.78 is 0. The molecule has 0 saturated carbocycles. The van der Waals surface area contributed by atoms with E-state index in [1.165, 1.54) is 4.90 Å². The molecule has 1 heterocycles. The molecule has 1 rings (SSSR count). The fourth-order valence-electron chi connectivity index (χ4n) is 0.860. The van der Waals surface area contributed by atoms with Gasteiger partial charge in [0, 0.05) is 14.1 Å². The van der Waals surface area contributed by atoms with Crippen LogP contribution in [0.15, 0.2) is 4.79 Å². The predicted molar refractivity (Wildman–Crippen MR) is 50.3 cm³/mol. The van der Waals surface area contributed by atoms with Crippen molar-refractivity contribution in [3.63, 3.8) is 0 Å². The monoisotopic (exact) mass is 199 g/mol. The summed E-state index contributed by atoms with van der Waals surface area (Å²) in [6.45, 7) is 0. The summed E-state index contributed by atoms with van der Waals surface area (Å²) in [5.74, 6) is -0.208. The average Bonchev–Trinajstić information content (AvgIpc) is 2.01. The molecule has 0 spiro atoms. The van der Waals surface area contributed by atoms with Gasteiger partial charge >= 0.3 is 11.2 Å². The summed E-state index contributed by atoms with van der Waals surface area (Å²) >= 11 is 0. The Morgan fingerprint density at radius 2 is 2.14 bits per heavy atom. The Morgan fingerprint density at radius 3 is 2.50 bits per heavy atom. The molecule has 3 N–H and O–H groups in total. The highest BCUT2D eigenvalue weighted by molar-refractivity contribution is 5.53. The zero-order chi connectivity index (χ0) is 10.9. The average molecular weight is 199 g/mol. The lowest BCUT2D eigenvalue weighted by Crippen LogP contribution is -2.22. The first-order valence-corrected chi connectivity index (χ1v) is 3.65. The highest BCUT2D eigenvalue weighted by Gasteiger charge is 2.20. The molecular weight excluding hydrogens is 190 g/mol. The number of nitrogens with zero attached hydrogens (tertiary/aromatic N) is 3. The predicted octanol–water partition coefficient (Wildman–Crippen LogP) is -0.674. The first-order chi connectivity index (χ1) is 6.43. The van der Waals surface area contributed by atoms with Crippen molar-refractivity contribution in [3.05, 3.63) is 20.5 Å². The van der Waals surface area contributed by atoms with Crippen LogP contribution in [-0.4, -0.2) is 29.0 Å². The smallest absolute Gasteiger partial charge is 0.375 e. The molecule has 0 radical (unpaired) electrons. The molecule has 0 atom stereocenters. The van der Waals surface area contributed by atoms with Gasteiger partial charge in [0.25, 0.3) is 0 Å². The van der Waals surface area contributed by atoms with E-state index in [0.717, 1.165) is 0 Å². The molecule has 8 heteroatoms. The molecule has 0 aliphatic rings. The quantitative estimate of drug-likeness (QED) is 0.481. The summed E-state index contributed by atoms with van der Waals surface area (Å²) in [7, 11) is 3.26. The molecule has 1 aromatic rings. The van der Waals surface area contributed by atoms with Crippen LogP contribution in [0.3, 0.4) is 0 Å². The van der Waals surface area contributed by atoms with Gasteiger partial charge < -0.3 is 10.6 Å². The number of hydrogen-bond acceptors (Lipinski definition) is 6. The maximum atomic E-state index is 11.2. The van der Waals surface area contributed by atoms with Gasteiger partial charge in [-0.3, -0.25) is 19.9 Å². The van der Waals surface area contributed by atoms with Crippen molar-refractivity contribution in [2.24, 2.45) is 0 Å². The van der Waals surface area contributed by atoms with Crippen LogP contribution < -0.4 is 16.2 Å². The van der Waals surface area contributed by atoms with E-state index in [-0.39, 0.29) is 11.8 Å². The third-order valence-corrected chi connectivity index (χ3v) is 1.52. The van der Waals surface area contributed by atoms with Crippen molar-refractivity contribution >= 4 is 17.5 Å². The Hall–Kier alpha value is -2.12. The van der Waals surface area contributed by atoms with Crippen molar-refractivity contribution < 1.29 is 4.92 Å². The van der Waals surface area contributed by atoms with Crippen LogP contribution in [0.25, 0.3) is 0 Å². The van der Waals surface area contributed by atoms with Crippen LogP contribution in [0.4, 0.5) is 17.5 Å². The van der Waals surface area contributed by atoms with Crippen LogP contribution in [0.5, 0.6) is 0 Å². The van der Waals surface area contributed by atoms with Gasteiger partial charge in [-0.25, -0.2) is 0 Å². The maximum absolute atomic E-state index is 11.2. The van der Waals surface area contributed by atoms with Crippen molar-refractivity contribution in [3.8, 4) is 0 Å². The largest absolute Gasteiger partial charge is 0.378 e. The van der Waals surface area contributed by atoms with Crippen molar-refractivity contribution in [2.75, 3.05) is 24.7 Å². The van der Waals surface area contributed by atoms with E-state index < -0.39 is 16.2 Å². The first kappa shape index (κ1) is 9.96. The van der Waals surface area contributed by atoms with Crippen molar-refractivity contribution in [1.29, 1.82) is 0 Å². The van der Waals surface area contributed by atoms with Crippen molar-refractivity contribution in [2.45, 2.75) is 0 Å². The van der Waals surface area contributed by atoms with E-state index in [1.807, 2.05) is 0 Å². The number of nitro groups is 1. The topological polar surface area (TPSA) is 118 Å². The summed E-state index contributed by atoms with van der Waals surface area (Å²) in [6, 6.07) is 0. The highest BCUT2D eigenvalue weighted by atomic mass is 16.6. The summed E-state index contributed by atoms with van der Waals surface area (Å²) in [4.78, 5) is 28.1. The lowest BCUT2D eigenvalue weighted by atomic mass is 10.5. The fraction of sp³-hybridized carbons (Fsp3) is 0.333. The van der Waals surface area contributed by atoms with Gasteiger partial charge in [0.05, 0.1) is 4.92 Å². The minimum absolute atomic E-state index is 0.179. The highest BCUT2D eigenvalue weighted by Crippen LogP contribution is 2.14. The number of hydrogen-bond donors (Lipinski definition) is 2. The van der Waals surface area contributed by atoms with E-state index in [1.54, 1.807) is 14.1 Å². The number of nitrogen functional groups attached to an aromatic ring is 1. The molecule has 0 aliphatic heterocycles. The number of anilines is 2. The molecule has 1 aromatic heterocycles. The van der Waals surface area contributed by atoms with Gasteiger partial charge in [0.2, 0.25) is 11.8 Å². The molecule has 0 saturated heterocycles. The SMILES string of the molecule is CN(C)c1nc(N)c([N+](=O)[O-])c(=O)[nH]1. The maximum Gasteiger partial charge on any atom is 0.375 e. The molecule has 0 fully saturated rings. The Balaban J connectivity index is 3.40. The van der Waals surface area contributed by atoms with Crippen LogP contribution in [-0.2, 0) is 0 Å². The van der Waals surface area contributed by atoms with Crippen molar-refractivity contribution in [1.82, 2.24) is 9.97 Å². The summed E-state index contributed by atoms with van der Waals surface area (Å²) in [5, 5.41) is 10.4. The number of H-pyrrole nitrogens is 1. The van der Waals surface area contributed by atoms with Gasteiger partial charge in [-0.15, -0.1) is 0 Å². The van der Waals surface area contributed by atoms with Crippen LogP contribution in [0.2, 0.25) is 0 Å². The minimum atomic E-state index is -0.861. The molecule has 8 nitrogen and oxygen atoms in total.